The van der Waals surface area contributed by atoms with Crippen molar-refractivity contribution in [2.24, 2.45) is 0 Å². The largest absolute Gasteiger partial charge is 0.479 e. The van der Waals surface area contributed by atoms with Crippen molar-refractivity contribution in [1.29, 1.82) is 0 Å². The second kappa shape index (κ2) is 48.6. The van der Waals surface area contributed by atoms with Crippen molar-refractivity contribution in [1.82, 2.24) is 0 Å². The van der Waals surface area contributed by atoms with Crippen molar-refractivity contribution in [2.45, 2.75) is 250 Å². The fourth-order valence-corrected chi connectivity index (χ4v) is 7.88. The summed E-state index contributed by atoms with van der Waals surface area (Å²) in [4.78, 5) is 50.9. The molecule has 1 fully saturated rings. The molecule has 0 bridgehead atoms. The summed E-state index contributed by atoms with van der Waals surface area (Å²) in [5.41, 5.74) is 0. The van der Waals surface area contributed by atoms with E-state index in [4.69, 9.17) is 23.7 Å². The van der Waals surface area contributed by atoms with Gasteiger partial charge in [-0.3, -0.25) is 14.4 Å². The molecule has 1 heterocycles. The molecular weight excluding hydrogens is 925 g/mol. The van der Waals surface area contributed by atoms with Crippen molar-refractivity contribution < 1.29 is 58.2 Å². The highest BCUT2D eigenvalue weighted by Gasteiger charge is 2.50. The zero-order valence-corrected chi connectivity index (χ0v) is 45.3. The first-order valence-electron chi connectivity index (χ1n) is 28.2. The van der Waals surface area contributed by atoms with Crippen LogP contribution in [-0.2, 0) is 42.9 Å². The lowest BCUT2D eigenvalue weighted by atomic mass is 9.98. The third kappa shape index (κ3) is 38.8. The van der Waals surface area contributed by atoms with Crippen molar-refractivity contribution in [2.75, 3.05) is 13.2 Å². The minimum atomic E-state index is -1.92. The van der Waals surface area contributed by atoms with Crippen LogP contribution in [0.25, 0.3) is 0 Å². The van der Waals surface area contributed by atoms with Crippen LogP contribution in [-0.4, -0.2) is 89.2 Å². The summed E-state index contributed by atoms with van der Waals surface area (Å²) in [6.07, 6.45) is 51.0. The van der Waals surface area contributed by atoms with E-state index in [9.17, 15) is 34.5 Å². The van der Waals surface area contributed by atoms with E-state index in [-0.39, 0.29) is 25.9 Å². The Labute approximate surface area is 441 Å². The van der Waals surface area contributed by atoms with Crippen molar-refractivity contribution in [3.63, 3.8) is 0 Å². The number of rotatable bonds is 46. The average molecular weight is 1020 g/mol. The number of carbonyl (C=O) groups excluding carboxylic acids is 3. The van der Waals surface area contributed by atoms with Gasteiger partial charge in [0.15, 0.2) is 24.6 Å². The summed E-state index contributed by atoms with van der Waals surface area (Å²) < 4.78 is 28.3. The highest BCUT2D eigenvalue weighted by molar-refractivity contribution is 5.74. The molecule has 12 heteroatoms. The number of hydrogen-bond acceptors (Lipinski definition) is 11. The molecule has 0 spiro atoms. The van der Waals surface area contributed by atoms with E-state index in [0.717, 1.165) is 122 Å². The van der Waals surface area contributed by atoms with Crippen LogP contribution in [0.1, 0.15) is 213 Å². The van der Waals surface area contributed by atoms with E-state index in [1.807, 2.05) is 0 Å². The average Bonchev–Trinajstić information content (AvgIpc) is 3.37. The summed E-state index contributed by atoms with van der Waals surface area (Å²) in [6.45, 7) is 5.69. The van der Waals surface area contributed by atoms with E-state index in [1.165, 1.54) is 32.1 Å². The van der Waals surface area contributed by atoms with E-state index < -0.39 is 67.3 Å². The first kappa shape index (κ1) is 66.7. The number of ether oxygens (including phenoxy) is 5. The standard InChI is InChI=1S/C61H98O12/c1-4-7-10-13-16-19-21-23-25-27-29-31-33-36-38-41-44-47-53(62)69-50-52(71-54(63)48-45-42-39-35-18-15-12-9-6-3)51-70-61-59(57(66)56(65)58(73-61)60(67)68)72-55(64)49-46-43-40-37-34-32-30-28-26-24-22-20-17-14-11-8-5-2/h7-8,10-11,16-17,19-20,23-26,29-32,52,56-59,61,65-66H,4-6,9,12-15,18,21-22,27-28,33-51H2,1-3H3,(H,67,68)/b10-7-,11-8-,19-16-,20-17-,25-23-,26-24-,31-29-,32-30-. The van der Waals surface area contributed by atoms with E-state index in [2.05, 4.69) is 118 Å². The molecule has 6 atom stereocenters. The summed E-state index contributed by atoms with van der Waals surface area (Å²) in [6, 6.07) is 0. The van der Waals surface area contributed by atoms with Gasteiger partial charge in [-0.05, 0) is 96.3 Å². The predicted molar refractivity (Wildman–Crippen MR) is 294 cm³/mol. The Morgan fingerprint density at radius 2 is 0.863 bits per heavy atom. The smallest absolute Gasteiger partial charge is 0.335 e. The molecule has 0 amide bonds. The van der Waals surface area contributed by atoms with Gasteiger partial charge in [-0.25, -0.2) is 4.79 Å². The van der Waals surface area contributed by atoms with Gasteiger partial charge in [0.1, 0.15) is 18.8 Å². The van der Waals surface area contributed by atoms with E-state index in [0.29, 0.717) is 19.3 Å². The molecular formula is C61H98O12. The monoisotopic (exact) mass is 1020 g/mol. The van der Waals surface area contributed by atoms with Crippen molar-refractivity contribution in [3.05, 3.63) is 97.2 Å². The topological polar surface area (TPSA) is 175 Å². The molecule has 1 aliphatic heterocycles. The van der Waals surface area contributed by atoms with Gasteiger partial charge in [0.05, 0.1) is 6.61 Å². The highest BCUT2D eigenvalue weighted by atomic mass is 16.7. The quantitative estimate of drug-likeness (QED) is 0.0228. The number of aliphatic carboxylic acids is 1. The molecule has 1 aliphatic rings. The molecule has 0 aromatic carbocycles. The van der Waals surface area contributed by atoms with Crippen LogP contribution in [0, 0.1) is 0 Å². The highest BCUT2D eigenvalue weighted by Crippen LogP contribution is 2.26. The molecule has 414 valence electrons. The molecule has 6 unspecified atom stereocenters. The molecule has 1 rings (SSSR count). The lowest BCUT2D eigenvalue weighted by molar-refractivity contribution is -0.301. The SMILES string of the molecule is CC/C=C\C/C=C\C/C=C\C/C=C\CCCCCCC(=O)OCC(COC1OC(C(=O)O)C(O)C(O)C1OC(=O)CCCCCC/C=C\C/C=C\C/C=C\C/C=C\CC)OC(=O)CCCCCCCCCCC. The Balaban J connectivity index is 2.70. The number of esters is 3. The number of unbranched alkanes of at least 4 members (excludes halogenated alkanes) is 16. The molecule has 0 radical (unpaired) electrons. The maximum atomic E-state index is 13.1. The van der Waals surface area contributed by atoms with Crippen LogP contribution in [0.3, 0.4) is 0 Å². The van der Waals surface area contributed by atoms with Crippen LogP contribution in [0.15, 0.2) is 97.2 Å². The summed E-state index contributed by atoms with van der Waals surface area (Å²) >= 11 is 0. The Kier molecular flexibility index (Phi) is 44.4. The van der Waals surface area contributed by atoms with Crippen LogP contribution in [0.5, 0.6) is 0 Å². The minimum Gasteiger partial charge on any atom is -0.479 e. The fraction of sp³-hybridized carbons (Fsp3) is 0.672. The van der Waals surface area contributed by atoms with Crippen LogP contribution in [0.2, 0.25) is 0 Å². The van der Waals surface area contributed by atoms with E-state index in [1.54, 1.807) is 0 Å². The second-order valence-corrected chi connectivity index (χ2v) is 18.8. The number of aliphatic hydroxyl groups is 2. The molecule has 0 aliphatic carbocycles. The van der Waals surface area contributed by atoms with E-state index >= 15 is 0 Å². The zero-order chi connectivity index (χ0) is 53.3. The molecule has 12 nitrogen and oxygen atoms in total. The minimum absolute atomic E-state index is 0.0265. The number of carboxylic acids is 1. The first-order valence-corrected chi connectivity index (χ1v) is 28.2. The summed E-state index contributed by atoms with van der Waals surface area (Å²) in [5.74, 6) is -3.19. The maximum Gasteiger partial charge on any atom is 0.335 e. The van der Waals surface area contributed by atoms with Crippen LogP contribution >= 0.6 is 0 Å². The van der Waals surface area contributed by atoms with Gasteiger partial charge in [-0.2, -0.15) is 0 Å². The number of carbonyl (C=O) groups is 4. The van der Waals surface area contributed by atoms with Crippen molar-refractivity contribution >= 4 is 23.9 Å². The fourth-order valence-electron chi connectivity index (χ4n) is 7.88. The van der Waals surface area contributed by atoms with Gasteiger partial charge in [0, 0.05) is 19.3 Å². The number of carboxylic acid groups (broad SMARTS) is 1. The molecule has 0 saturated carbocycles. The number of aliphatic hydroxyl groups excluding tert-OH is 2. The summed E-state index contributed by atoms with van der Waals surface area (Å²) in [7, 11) is 0. The van der Waals surface area contributed by atoms with Gasteiger partial charge in [0.25, 0.3) is 0 Å². The molecule has 73 heavy (non-hydrogen) atoms. The van der Waals surface area contributed by atoms with Gasteiger partial charge in [0.2, 0.25) is 0 Å². The van der Waals surface area contributed by atoms with Gasteiger partial charge in [-0.15, -0.1) is 0 Å². The Morgan fingerprint density at radius 1 is 0.466 bits per heavy atom. The normalized spacial score (nSPS) is 19.1. The van der Waals surface area contributed by atoms with Crippen LogP contribution in [0.4, 0.5) is 0 Å². The molecule has 0 aromatic heterocycles. The number of hydrogen-bond donors (Lipinski definition) is 3. The lowest BCUT2D eigenvalue weighted by Gasteiger charge is -2.40. The summed E-state index contributed by atoms with van der Waals surface area (Å²) in [5, 5.41) is 31.4. The van der Waals surface area contributed by atoms with Gasteiger partial charge in [-0.1, -0.05) is 195 Å². The second-order valence-electron chi connectivity index (χ2n) is 18.8. The third-order valence-electron chi connectivity index (χ3n) is 12.2. The van der Waals surface area contributed by atoms with Gasteiger partial charge >= 0.3 is 23.9 Å². The molecule has 3 N–H and O–H groups in total. The van der Waals surface area contributed by atoms with Gasteiger partial charge < -0.3 is 39.0 Å². The molecule has 1 saturated heterocycles. The zero-order valence-electron chi connectivity index (χ0n) is 45.3. The van der Waals surface area contributed by atoms with Crippen LogP contribution < -0.4 is 0 Å². The Morgan fingerprint density at radius 3 is 1.32 bits per heavy atom. The Hall–Kier alpha value is -4.36. The Bertz CT molecular complexity index is 1640. The number of allylic oxidation sites excluding steroid dienone is 16. The third-order valence-corrected chi connectivity index (χ3v) is 12.2. The van der Waals surface area contributed by atoms with Crippen molar-refractivity contribution in [3.8, 4) is 0 Å². The first-order chi connectivity index (χ1) is 35.6. The molecule has 0 aromatic rings. The predicted octanol–water partition coefficient (Wildman–Crippen LogP) is 14.1. The lowest BCUT2D eigenvalue weighted by Crippen LogP contribution is -2.61. The maximum absolute atomic E-state index is 13.1.